The van der Waals surface area contributed by atoms with Crippen molar-refractivity contribution in [3.8, 4) is 17.0 Å². The van der Waals surface area contributed by atoms with E-state index in [0.29, 0.717) is 5.69 Å². The van der Waals surface area contributed by atoms with Crippen LogP contribution in [0.4, 0.5) is 26.6 Å². The molecule has 0 fully saturated rings. The van der Waals surface area contributed by atoms with Gasteiger partial charge in [-0.25, -0.2) is 9.37 Å². The molecule has 0 unspecified atom stereocenters. The van der Waals surface area contributed by atoms with E-state index in [-0.39, 0.29) is 46.0 Å². The van der Waals surface area contributed by atoms with Crippen molar-refractivity contribution in [2.75, 3.05) is 28.7 Å². The number of rotatable bonds is 6. The van der Waals surface area contributed by atoms with Gasteiger partial charge < -0.3 is 15.4 Å². The van der Waals surface area contributed by atoms with Crippen molar-refractivity contribution in [1.29, 1.82) is 0 Å². The minimum Gasteiger partial charge on any atom is -0.482 e. The van der Waals surface area contributed by atoms with Crippen molar-refractivity contribution < 1.29 is 28.4 Å². The second kappa shape index (κ2) is 9.23. The molecule has 0 spiro atoms. The quantitative estimate of drug-likeness (QED) is 0.403. The number of thiazole rings is 1. The van der Waals surface area contributed by atoms with Gasteiger partial charge in [0.05, 0.1) is 16.3 Å². The Morgan fingerprint density at radius 2 is 2.06 bits per heavy atom. The summed E-state index contributed by atoms with van der Waals surface area (Å²) in [5.41, 5.74) is 0.611. The van der Waals surface area contributed by atoms with Crippen LogP contribution in [-0.2, 0) is 14.4 Å². The lowest BCUT2D eigenvalue weighted by atomic mass is 10.1. The number of aromatic nitrogens is 1. The Morgan fingerprint density at radius 3 is 2.76 bits per heavy atom. The molecule has 2 aromatic carbocycles. The lowest BCUT2D eigenvalue weighted by Crippen LogP contribution is -2.43. The van der Waals surface area contributed by atoms with Crippen molar-refractivity contribution in [2.45, 2.75) is 6.92 Å². The lowest BCUT2D eigenvalue weighted by Gasteiger charge is -2.28. The van der Waals surface area contributed by atoms with Gasteiger partial charge in [-0.2, -0.15) is 0 Å². The number of carbonyl (C=O) groups is 3. The maximum absolute atomic E-state index is 14.5. The Kier molecular flexibility index (Phi) is 6.19. The number of nitro groups is 1. The molecule has 0 radical (unpaired) electrons. The summed E-state index contributed by atoms with van der Waals surface area (Å²) in [4.78, 5) is 51.8. The summed E-state index contributed by atoms with van der Waals surface area (Å²) in [5.74, 6) is -1.83. The van der Waals surface area contributed by atoms with Gasteiger partial charge in [0.1, 0.15) is 18.1 Å². The van der Waals surface area contributed by atoms with E-state index >= 15 is 0 Å². The van der Waals surface area contributed by atoms with Crippen LogP contribution in [0.15, 0.2) is 41.8 Å². The molecule has 11 nitrogen and oxygen atoms in total. The van der Waals surface area contributed by atoms with Crippen molar-refractivity contribution in [3.05, 3.63) is 57.7 Å². The molecule has 1 aliphatic rings. The first-order valence-corrected chi connectivity index (χ1v) is 10.6. The molecule has 3 amide bonds. The van der Waals surface area contributed by atoms with Crippen LogP contribution in [0.1, 0.15) is 6.92 Å². The SMILES string of the molecule is CC(=O)Nc1ccc(-c2csc(NC(=O)CN3C(=O)COc4ccc([N+](=O)[O-])cc43)n2)c(F)c1. The zero-order valence-electron chi connectivity index (χ0n) is 17.5. The van der Waals surface area contributed by atoms with Crippen LogP contribution in [0.2, 0.25) is 0 Å². The number of hydrogen-bond acceptors (Lipinski definition) is 8. The molecule has 13 heteroatoms. The fourth-order valence-electron chi connectivity index (χ4n) is 3.24. The van der Waals surface area contributed by atoms with E-state index in [0.717, 1.165) is 28.4 Å². The van der Waals surface area contributed by atoms with Crippen molar-refractivity contribution in [2.24, 2.45) is 0 Å². The Bertz CT molecular complexity index is 1330. The molecule has 2 heterocycles. The fourth-order valence-corrected chi connectivity index (χ4v) is 3.97. The largest absolute Gasteiger partial charge is 0.482 e. The number of amides is 3. The number of hydrogen-bond donors (Lipinski definition) is 2. The van der Waals surface area contributed by atoms with Gasteiger partial charge in [0.25, 0.3) is 11.6 Å². The highest BCUT2D eigenvalue weighted by Gasteiger charge is 2.29. The summed E-state index contributed by atoms with van der Waals surface area (Å²) < 4.78 is 19.7. The summed E-state index contributed by atoms with van der Waals surface area (Å²) >= 11 is 1.05. The number of halogens is 1. The number of anilines is 3. The van der Waals surface area contributed by atoms with E-state index < -0.39 is 29.1 Å². The standard InChI is InChI=1S/C21H16FN5O6S/c1-11(28)23-12-2-4-14(15(22)6-12)16-10-34-21(24-16)25-19(29)8-26-17-7-13(27(31)32)3-5-18(17)33-9-20(26)30/h2-7,10H,8-9H2,1H3,(H,23,28)(H,24,25,29). The van der Waals surface area contributed by atoms with Crippen molar-refractivity contribution in [3.63, 3.8) is 0 Å². The second-order valence-corrected chi connectivity index (χ2v) is 8.00. The smallest absolute Gasteiger partial charge is 0.271 e. The number of fused-ring (bicyclic) bond motifs is 1. The molecule has 1 aromatic heterocycles. The van der Waals surface area contributed by atoms with Crippen molar-refractivity contribution in [1.82, 2.24) is 4.98 Å². The highest BCUT2D eigenvalue weighted by molar-refractivity contribution is 7.14. The van der Waals surface area contributed by atoms with E-state index in [1.807, 2.05) is 0 Å². The number of carbonyl (C=O) groups excluding carboxylic acids is 3. The van der Waals surface area contributed by atoms with Crippen LogP contribution in [0, 0.1) is 15.9 Å². The van der Waals surface area contributed by atoms with Gasteiger partial charge >= 0.3 is 0 Å². The molecule has 0 bridgehead atoms. The molecule has 174 valence electrons. The lowest BCUT2D eigenvalue weighted by molar-refractivity contribution is -0.384. The Balaban J connectivity index is 1.48. The molecular weight excluding hydrogens is 469 g/mol. The monoisotopic (exact) mass is 485 g/mol. The van der Waals surface area contributed by atoms with E-state index in [9.17, 15) is 28.9 Å². The molecular formula is C21H16FN5O6S. The Hall–Kier alpha value is -4.39. The summed E-state index contributed by atoms with van der Waals surface area (Å²) in [7, 11) is 0. The van der Waals surface area contributed by atoms with E-state index in [1.54, 1.807) is 5.38 Å². The van der Waals surface area contributed by atoms with Gasteiger partial charge in [-0.15, -0.1) is 11.3 Å². The summed E-state index contributed by atoms with van der Waals surface area (Å²) in [5, 5.41) is 17.8. The average molecular weight is 485 g/mol. The molecule has 0 atom stereocenters. The minimum absolute atomic E-state index is 0.113. The molecule has 3 aromatic rings. The van der Waals surface area contributed by atoms with E-state index in [2.05, 4.69) is 15.6 Å². The number of nitrogens with one attached hydrogen (secondary N) is 2. The third-order valence-corrected chi connectivity index (χ3v) is 5.47. The molecule has 34 heavy (non-hydrogen) atoms. The number of ether oxygens (including phenoxy) is 1. The van der Waals surface area contributed by atoms with Gasteiger partial charge in [0.2, 0.25) is 11.8 Å². The van der Waals surface area contributed by atoms with Gasteiger partial charge in [0.15, 0.2) is 11.7 Å². The van der Waals surface area contributed by atoms with Crippen LogP contribution in [0.25, 0.3) is 11.3 Å². The van der Waals surface area contributed by atoms with Crippen LogP contribution < -0.4 is 20.3 Å². The van der Waals surface area contributed by atoms with Crippen LogP contribution in [0.5, 0.6) is 5.75 Å². The number of nitro benzene ring substituents is 1. The van der Waals surface area contributed by atoms with Crippen LogP contribution in [0.3, 0.4) is 0 Å². The predicted octanol–water partition coefficient (Wildman–Crippen LogP) is 3.18. The molecule has 4 rings (SSSR count). The second-order valence-electron chi connectivity index (χ2n) is 7.14. The first-order chi connectivity index (χ1) is 16.2. The highest BCUT2D eigenvalue weighted by Crippen LogP contribution is 2.35. The molecule has 1 aliphatic heterocycles. The normalized spacial score (nSPS) is 12.5. The van der Waals surface area contributed by atoms with Gasteiger partial charge in [-0.05, 0) is 24.3 Å². The maximum Gasteiger partial charge on any atom is 0.271 e. The predicted molar refractivity (Wildman–Crippen MR) is 121 cm³/mol. The van der Waals surface area contributed by atoms with Crippen LogP contribution in [-0.4, -0.2) is 40.8 Å². The fraction of sp³-hybridized carbons (Fsp3) is 0.143. The first-order valence-electron chi connectivity index (χ1n) is 9.76. The Morgan fingerprint density at radius 1 is 1.26 bits per heavy atom. The number of nitrogens with zero attached hydrogens (tertiary/aromatic N) is 3. The minimum atomic E-state index is -0.615. The molecule has 2 N–H and O–H groups in total. The molecule has 0 aliphatic carbocycles. The van der Waals surface area contributed by atoms with Crippen LogP contribution >= 0.6 is 11.3 Å². The summed E-state index contributed by atoms with van der Waals surface area (Å²) in [6, 6.07) is 7.91. The molecule has 0 saturated carbocycles. The van der Waals surface area contributed by atoms with Crippen molar-refractivity contribution >= 4 is 51.3 Å². The third kappa shape index (κ3) is 4.83. The van der Waals surface area contributed by atoms with Gasteiger partial charge in [-0.1, -0.05) is 0 Å². The van der Waals surface area contributed by atoms with E-state index in [1.165, 1.54) is 31.2 Å². The topological polar surface area (TPSA) is 144 Å². The zero-order chi connectivity index (χ0) is 24.4. The highest BCUT2D eigenvalue weighted by atomic mass is 32.1. The summed E-state index contributed by atoms with van der Waals surface area (Å²) in [6.45, 7) is 0.573. The Labute approximate surface area is 195 Å². The molecule has 0 saturated heterocycles. The van der Waals surface area contributed by atoms with Gasteiger partial charge in [-0.3, -0.25) is 29.4 Å². The zero-order valence-corrected chi connectivity index (χ0v) is 18.3. The first kappa shape index (κ1) is 22.8. The number of non-ortho nitro benzene ring substituents is 1. The van der Waals surface area contributed by atoms with Gasteiger partial charge in [0, 0.05) is 35.7 Å². The third-order valence-electron chi connectivity index (χ3n) is 4.71. The van der Waals surface area contributed by atoms with E-state index in [4.69, 9.17) is 4.74 Å². The summed E-state index contributed by atoms with van der Waals surface area (Å²) in [6.07, 6.45) is 0. The number of benzene rings is 2. The average Bonchev–Trinajstić information content (AvgIpc) is 3.23. The maximum atomic E-state index is 14.5.